The Morgan fingerprint density at radius 3 is 2.53 bits per heavy atom. The number of aryl methyl sites for hydroxylation is 1. The third-order valence-corrected chi connectivity index (χ3v) is 2.99. The van der Waals surface area contributed by atoms with Crippen molar-refractivity contribution in [2.24, 2.45) is 5.73 Å². The highest BCUT2D eigenvalue weighted by atomic mass is 16.5. The molecule has 1 aromatic carbocycles. The molecule has 2 rings (SSSR count). The Labute approximate surface area is 113 Å². The van der Waals surface area contributed by atoms with Gasteiger partial charge in [-0.1, -0.05) is 0 Å². The minimum Gasteiger partial charge on any atom is -0.497 e. The van der Waals surface area contributed by atoms with Gasteiger partial charge in [0.2, 0.25) is 0 Å². The summed E-state index contributed by atoms with van der Waals surface area (Å²) in [6.45, 7) is 3.77. The van der Waals surface area contributed by atoms with Crippen LogP contribution in [0.4, 0.5) is 0 Å². The first-order valence-corrected chi connectivity index (χ1v) is 6.22. The van der Waals surface area contributed by atoms with Crippen LogP contribution in [0.1, 0.15) is 11.5 Å². The van der Waals surface area contributed by atoms with Crippen LogP contribution in [0.15, 0.2) is 30.5 Å². The number of benzene rings is 1. The lowest BCUT2D eigenvalue weighted by atomic mass is 10.3. The number of methoxy groups -OCH3 is 1. The number of hydrogen-bond acceptors (Lipinski definition) is 4. The summed E-state index contributed by atoms with van der Waals surface area (Å²) in [5.41, 5.74) is 6.69. The first-order valence-electron chi connectivity index (χ1n) is 6.22. The molecule has 0 atom stereocenters. The molecule has 2 N–H and O–H groups in total. The highest BCUT2D eigenvalue weighted by Crippen LogP contribution is 2.17. The fraction of sp³-hybridized carbons (Fsp3) is 0.357. The lowest BCUT2D eigenvalue weighted by Crippen LogP contribution is -2.14. The van der Waals surface area contributed by atoms with Gasteiger partial charge >= 0.3 is 0 Å². The number of ether oxygens (including phenoxy) is 2. The molecule has 0 unspecified atom stereocenters. The maximum absolute atomic E-state index is 5.69. The molecule has 1 aromatic heterocycles. The van der Waals surface area contributed by atoms with Gasteiger partial charge in [-0.05, 0) is 31.2 Å². The summed E-state index contributed by atoms with van der Waals surface area (Å²) < 4.78 is 12.9. The summed E-state index contributed by atoms with van der Waals surface area (Å²) in [5, 5.41) is 0. The fourth-order valence-electron chi connectivity index (χ4n) is 1.91. The molecule has 19 heavy (non-hydrogen) atoms. The zero-order chi connectivity index (χ0) is 13.7. The third-order valence-electron chi connectivity index (χ3n) is 2.99. The van der Waals surface area contributed by atoms with Gasteiger partial charge in [-0.15, -0.1) is 0 Å². The van der Waals surface area contributed by atoms with Gasteiger partial charge in [-0.2, -0.15) is 0 Å². The smallest absolute Gasteiger partial charge is 0.119 e. The Bertz CT molecular complexity index is 520. The van der Waals surface area contributed by atoms with E-state index in [-0.39, 0.29) is 0 Å². The van der Waals surface area contributed by atoms with E-state index in [0.29, 0.717) is 13.2 Å². The molecule has 0 saturated heterocycles. The van der Waals surface area contributed by atoms with E-state index in [2.05, 4.69) is 9.55 Å². The summed E-state index contributed by atoms with van der Waals surface area (Å²) >= 11 is 0. The highest BCUT2D eigenvalue weighted by molar-refractivity contribution is 5.31. The number of hydrogen-bond donors (Lipinski definition) is 1. The highest BCUT2D eigenvalue weighted by Gasteiger charge is 2.04. The molecule has 1 heterocycles. The van der Waals surface area contributed by atoms with E-state index >= 15 is 0 Å². The Kier molecular flexibility index (Phi) is 4.41. The first kappa shape index (κ1) is 13.4. The van der Waals surface area contributed by atoms with Crippen LogP contribution in [0.25, 0.3) is 0 Å². The molecule has 0 amide bonds. The van der Waals surface area contributed by atoms with Gasteiger partial charge in [0.25, 0.3) is 0 Å². The number of imidazole rings is 1. The Balaban J connectivity index is 1.90. The molecule has 0 aliphatic rings. The number of nitrogens with zero attached hydrogens (tertiary/aromatic N) is 2. The van der Waals surface area contributed by atoms with Crippen LogP contribution in [0.5, 0.6) is 11.5 Å². The summed E-state index contributed by atoms with van der Waals surface area (Å²) in [6.07, 6.45) is 1.81. The second-order valence-corrected chi connectivity index (χ2v) is 4.18. The maximum Gasteiger partial charge on any atom is 0.119 e. The van der Waals surface area contributed by atoms with Crippen molar-refractivity contribution < 1.29 is 9.47 Å². The molecule has 2 aromatic rings. The Morgan fingerprint density at radius 1 is 1.21 bits per heavy atom. The number of nitrogens with two attached hydrogens (primary N) is 1. The van der Waals surface area contributed by atoms with E-state index in [4.69, 9.17) is 15.2 Å². The predicted molar refractivity (Wildman–Crippen MR) is 73.3 cm³/mol. The van der Waals surface area contributed by atoms with Crippen LogP contribution in [0, 0.1) is 6.92 Å². The van der Waals surface area contributed by atoms with E-state index in [1.54, 1.807) is 7.11 Å². The molecule has 0 aliphatic heterocycles. The third kappa shape index (κ3) is 3.26. The molecule has 0 aliphatic carbocycles. The molecule has 0 spiro atoms. The quantitative estimate of drug-likeness (QED) is 0.860. The van der Waals surface area contributed by atoms with Crippen molar-refractivity contribution in [2.75, 3.05) is 13.7 Å². The van der Waals surface area contributed by atoms with E-state index < -0.39 is 0 Å². The molecule has 102 valence electrons. The molecular weight excluding hydrogens is 242 g/mol. The van der Waals surface area contributed by atoms with Gasteiger partial charge in [0.1, 0.15) is 23.9 Å². The van der Waals surface area contributed by atoms with E-state index in [1.165, 1.54) is 0 Å². The van der Waals surface area contributed by atoms with Gasteiger partial charge in [0.15, 0.2) is 0 Å². The van der Waals surface area contributed by atoms with Crippen molar-refractivity contribution >= 4 is 0 Å². The normalized spacial score (nSPS) is 10.5. The second-order valence-electron chi connectivity index (χ2n) is 4.18. The van der Waals surface area contributed by atoms with Crippen molar-refractivity contribution in [2.45, 2.75) is 20.0 Å². The largest absolute Gasteiger partial charge is 0.497 e. The summed E-state index contributed by atoms with van der Waals surface area (Å²) in [4.78, 5) is 4.25. The van der Waals surface area contributed by atoms with E-state index in [0.717, 1.165) is 29.6 Å². The van der Waals surface area contributed by atoms with Gasteiger partial charge in [-0.3, -0.25) is 0 Å². The molecule has 0 bridgehead atoms. The Hall–Kier alpha value is -2.01. The maximum atomic E-state index is 5.69. The topological polar surface area (TPSA) is 62.3 Å². The van der Waals surface area contributed by atoms with Crippen molar-refractivity contribution in [3.8, 4) is 11.5 Å². The molecule has 0 fully saturated rings. The van der Waals surface area contributed by atoms with Gasteiger partial charge in [-0.25, -0.2) is 4.98 Å². The molecular formula is C14H19N3O2. The summed E-state index contributed by atoms with van der Waals surface area (Å²) in [6, 6.07) is 7.54. The predicted octanol–water partition coefficient (Wildman–Crippen LogP) is 1.74. The lowest BCUT2D eigenvalue weighted by Gasteiger charge is -2.11. The monoisotopic (exact) mass is 261 g/mol. The molecule has 5 heteroatoms. The van der Waals surface area contributed by atoms with Crippen molar-refractivity contribution in [1.29, 1.82) is 0 Å². The number of rotatable bonds is 6. The van der Waals surface area contributed by atoms with Crippen LogP contribution in [0.3, 0.4) is 0 Å². The minimum absolute atomic E-state index is 0.489. The minimum atomic E-state index is 0.489. The van der Waals surface area contributed by atoms with Gasteiger partial charge in [0, 0.05) is 12.7 Å². The zero-order valence-electron chi connectivity index (χ0n) is 11.3. The van der Waals surface area contributed by atoms with Gasteiger partial charge < -0.3 is 19.8 Å². The second kappa shape index (κ2) is 6.24. The summed E-state index contributed by atoms with van der Waals surface area (Å²) in [7, 11) is 1.64. The van der Waals surface area contributed by atoms with E-state index in [1.807, 2.05) is 37.4 Å². The average Bonchev–Trinajstić information content (AvgIpc) is 2.80. The van der Waals surface area contributed by atoms with Gasteiger partial charge in [0.05, 0.1) is 19.3 Å². The first-order chi connectivity index (χ1) is 9.24. The SMILES string of the molecule is COc1ccc(OCCn2c(CN)cnc2C)cc1. The zero-order valence-corrected chi connectivity index (χ0v) is 11.3. The molecule has 0 saturated carbocycles. The van der Waals surface area contributed by atoms with Crippen LogP contribution >= 0.6 is 0 Å². The van der Waals surface area contributed by atoms with E-state index in [9.17, 15) is 0 Å². The van der Waals surface area contributed by atoms with Crippen LogP contribution in [-0.2, 0) is 13.1 Å². The van der Waals surface area contributed by atoms with Crippen LogP contribution < -0.4 is 15.2 Å². The molecule has 5 nitrogen and oxygen atoms in total. The lowest BCUT2D eigenvalue weighted by molar-refractivity contribution is 0.294. The standard InChI is InChI=1S/C14H19N3O2/c1-11-16-10-12(9-15)17(11)7-8-19-14-5-3-13(18-2)4-6-14/h3-6,10H,7-9,15H2,1-2H3. The van der Waals surface area contributed by atoms with Crippen LogP contribution in [0.2, 0.25) is 0 Å². The number of aromatic nitrogens is 2. The van der Waals surface area contributed by atoms with Crippen molar-refractivity contribution in [3.63, 3.8) is 0 Å². The fourth-order valence-corrected chi connectivity index (χ4v) is 1.91. The van der Waals surface area contributed by atoms with Crippen molar-refractivity contribution in [1.82, 2.24) is 9.55 Å². The van der Waals surface area contributed by atoms with Crippen LogP contribution in [-0.4, -0.2) is 23.3 Å². The summed E-state index contributed by atoms with van der Waals surface area (Å²) in [5.74, 6) is 2.61. The Morgan fingerprint density at radius 2 is 1.89 bits per heavy atom. The van der Waals surface area contributed by atoms with Crippen molar-refractivity contribution in [3.05, 3.63) is 42.0 Å². The molecule has 0 radical (unpaired) electrons. The average molecular weight is 261 g/mol.